The Morgan fingerprint density at radius 2 is 2.00 bits per heavy atom. The van der Waals surface area contributed by atoms with Gasteiger partial charge in [-0.2, -0.15) is 0 Å². The number of aromatic carboxylic acids is 1. The molecule has 1 aromatic heterocycles. The molecule has 4 nitrogen and oxygen atoms in total. The van der Waals surface area contributed by atoms with E-state index < -0.39 is 5.97 Å². The Balaban J connectivity index is 1.90. The Labute approximate surface area is 125 Å². The molecule has 0 saturated carbocycles. The number of hydrogen-bond donors (Lipinski definition) is 2. The van der Waals surface area contributed by atoms with Gasteiger partial charge in [-0.25, -0.2) is 4.79 Å². The van der Waals surface area contributed by atoms with Gasteiger partial charge in [-0.3, -0.25) is 0 Å². The third-order valence-electron chi connectivity index (χ3n) is 3.25. The Bertz CT molecular complexity index is 810. The molecular weight excluding hydrogens is 290 g/mol. The summed E-state index contributed by atoms with van der Waals surface area (Å²) < 4.78 is 5.69. The molecule has 0 spiro atoms. The number of aromatic amines is 1. The third-order valence-corrected chi connectivity index (χ3v) is 3.56. The Hall–Kier alpha value is -2.46. The van der Waals surface area contributed by atoms with Gasteiger partial charge in [0.15, 0.2) is 0 Å². The van der Waals surface area contributed by atoms with Gasteiger partial charge >= 0.3 is 5.97 Å². The van der Waals surface area contributed by atoms with E-state index in [4.69, 9.17) is 21.4 Å². The first-order valence-corrected chi connectivity index (χ1v) is 6.74. The molecule has 0 atom stereocenters. The zero-order valence-electron chi connectivity index (χ0n) is 11.0. The highest BCUT2D eigenvalue weighted by Crippen LogP contribution is 2.26. The number of carboxylic acid groups (broad SMARTS) is 1. The molecule has 21 heavy (non-hydrogen) atoms. The van der Waals surface area contributed by atoms with Crippen molar-refractivity contribution in [2.45, 2.75) is 6.61 Å². The predicted octanol–water partition coefficient (Wildman–Crippen LogP) is 4.10. The number of fused-ring (bicyclic) bond motifs is 1. The maximum absolute atomic E-state index is 11.2. The highest BCUT2D eigenvalue weighted by atomic mass is 35.5. The van der Waals surface area contributed by atoms with E-state index in [1.54, 1.807) is 30.5 Å². The van der Waals surface area contributed by atoms with Crippen LogP contribution in [0.15, 0.2) is 48.7 Å². The van der Waals surface area contributed by atoms with Crippen molar-refractivity contribution >= 4 is 28.5 Å². The number of ether oxygens (including phenoxy) is 1. The van der Waals surface area contributed by atoms with Crippen molar-refractivity contribution in [2.75, 3.05) is 0 Å². The molecule has 3 rings (SSSR count). The fourth-order valence-electron chi connectivity index (χ4n) is 2.23. The number of para-hydroxylation sites is 2. The van der Waals surface area contributed by atoms with Crippen molar-refractivity contribution in [2.24, 2.45) is 0 Å². The lowest BCUT2D eigenvalue weighted by Gasteiger charge is -2.07. The van der Waals surface area contributed by atoms with Gasteiger partial charge in [0.25, 0.3) is 0 Å². The summed E-state index contributed by atoms with van der Waals surface area (Å²) in [5.74, 6) is -0.357. The lowest BCUT2D eigenvalue weighted by molar-refractivity contribution is 0.0699. The second-order valence-electron chi connectivity index (χ2n) is 4.57. The molecule has 0 amide bonds. The van der Waals surface area contributed by atoms with Gasteiger partial charge in [0.05, 0.1) is 16.1 Å². The maximum Gasteiger partial charge on any atom is 0.337 e. The van der Waals surface area contributed by atoms with E-state index in [1.807, 2.05) is 18.2 Å². The van der Waals surface area contributed by atoms with Crippen LogP contribution in [0.25, 0.3) is 10.9 Å². The molecule has 0 unspecified atom stereocenters. The van der Waals surface area contributed by atoms with Gasteiger partial charge in [0, 0.05) is 17.1 Å². The lowest BCUT2D eigenvalue weighted by atomic mass is 10.1. The molecule has 0 aliphatic carbocycles. The second kappa shape index (κ2) is 5.50. The van der Waals surface area contributed by atoms with Crippen LogP contribution in [0.3, 0.4) is 0 Å². The Morgan fingerprint density at radius 3 is 2.76 bits per heavy atom. The van der Waals surface area contributed by atoms with Crippen LogP contribution in [-0.4, -0.2) is 16.1 Å². The summed E-state index contributed by atoms with van der Waals surface area (Å²) in [5, 5.41) is 10.5. The molecule has 106 valence electrons. The SMILES string of the molecule is O=C(O)c1cccc2c(COc3ccccc3Cl)c[nH]c12. The monoisotopic (exact) mass is 301 g/mol. The number of carboxylic acids is 1. The number of benzene rings is 2. The van der Waals surface area contributed by atoms with E-state index in [0.29, 0.717) is 22.9 Å². The Kier molecular flexibility index (Phi) is 3.54. The summed E-state index contributed by atoms with van der Waals surface area (Å²) >= 11 is 6.04. The molecule has 1 heterocycles. The smallest absolute Gasteiger partial charge is 0.337 e. The van der Waals surface area contributed by atoms with Gasteiger partial charge in [0.1, 0.15) is 12.4 Å². The molecular formula is C16H12ClNO3. The Morgan fingerprint density at radius 1 is 1.19 bits per heavy atom. The fraction of sp³-hybridized carbons (Fsp3) is 0.0625. The first-order valence-electron chi connectivity index (χ1n) is 6.36. The van der Waals surface area contributed by atoms with Gasteiger partial charge in [0.2, 0.25) is 0 Å². The van der Waals surface area contributed by atoms with E-state index >= 15 is 0 Å². The summed E-state index contributed by atoms with van der Waals surface area (Å²) in [4.78, 5) is 14.2. The number of hydrogen-bond acceptors (Lipinski definition) is 2. The minimum atomic E-state index is -0.957. The van der Waals surface area contributed by atoms with E-state index in [2.05, 4.69) is 4.98 Å². The van der Waals surface area contributed by atoms with Crippen molar-refractivity contribution < 1.29 is 14.6 Å². The zero-order valence-corrected chi connectivity index (χ0v) is 11.7. The highest BCUT2D eigenvalue weighted by Gasteiger charge is 2.12. The van der Waals surface area contributed by atoms with Crippen molar-refractivity contribution in [1.29, 1.82) is 0 Å². The van der Waals surface area contributed by atoms with E-state index in [0.717, 1.165) is 10.9 Å². The summed E-state index contributed by atoms with van der Waals surface area (Å²) in [7, 11) is 0. The van der Waals surface area contributed by atoms with Crippen molar-refractivity contribution in [3.05, 3.63) is 64.8 Å². The molecule has 2 N–H and O–H groups in total. The molecule has 0 bridgehead atoms. The van der Waals surface area contributed by atoms with E-state index in [1.165, 1.54) is 0 Å². The number of carbonyl (C=O) groups is 1. The van der Waals surface area contributed by atoms with Crippen LogP contribution in [0.4, 0.5) is 0 Å². The normalized spacial score (nSPS) is 10.7. The van der Waals surface area contributed by atoms with Crippen LogP contribution < -0.4 is 4.74 Å². The van der Waals surface area contributed by atoms with Gasteiger partial charge < -0.3 is 14.8 Å². The molecule has 0 saturated heterocycles. The number of aromatic nitrogens is 1. The van der Waals surface area contributed by atoms with Crippen LogP contribution in [-0.2, 0) is 6.61 Å². The predicted molar refractivity (Wildman–Crippen MR) is 81.0 cm³/mol. The first kappa shape index (κ1) is 13.5. The van der Waals surface area contributed by atoms with Crippen LogP contribution in [0.5, 0.6) is 5.75 Å². The van der Waals surface area contributed by atoms with Gasteiger partial charge in [-0.15, -0.1) is 0 Å². The van der Waals surface area contributed by atoms with Gasteiger partial charge in [-0.05, 0) is 18.2 Å². The number of H-pyrrole nitrogens is 1. The first-order chi connectivity index (χ1) is 10.2. The molecule has 5 heteroatoms. The second-order valence-corrected chi connectivity index (χ2v) is 4.97. The number of rotatable bonds is 4. The average Bonchev–Trinajstić information content (AvgIpc) is 2.89. The molecule has 0 fully saturated rings. The highest BCUT2D eigenvalue weighted by molar-refractivity contribution is 6.32. The quantitative estimate of drug-likeness (QED) is 0.762. The van der Waals surface area contributed by atoms with Crippen LogP contribution in [0.1, 0.15) is 15.9 Å². The maximum atomic E-state index is 11.2. The zero-order chi connectivity index (χ0) is 14.8. The molecule has 3 aromatic rings. The minimum Gasteiger partial charge on any atom is -0.487 e. The standard InChI is InChI=1S/C16H12ClNO3/c17-13-6-1-2-7-14(13)21-9-10-8-18-15-11(10)4-3-5-12(15)16(19)20/h1-8,18H,9H2,(H,19,20). The van der Waals surface area contributed by atoms with E-state index in [-0.39, 0.29) is 5.56 Å². The number of nitrogens with one attached hydrogen (secondary N) is 1. The van der Waals surface area contributed by atoms with Crippen molar-refractivity contribution in [3.8, 4) is 5.75 Å². The summed E-state index contributed by atoms with van der Waals surface area (Å²) in [6.07, 6.45) is 1.76. The van der Waals surface area contributed by atoms with Gasteiger partial charge in [-0.1, -0.05) is 35.9 Å². The summed E-state index contributed by atoms with van der Waals surface area (Å²) in [6.45, 7) is 0.312. The summed E-state index contributed by atoms with van der Waals surface area (Å²) in [6, 6.07) is 12.4. The molecule has 0 aliphatic heterocycles. The van der Waals surface area contributed by atoms with Crippen LogP contribution >= 0.6 is 11.6 Å². The summed E-state index contributed by atoms with van der Waals surface area (Å²) in [5.41, 5.74) is 1.73. The molecule has 0 aliphatic rings. The van der Waals surface area contributed by atoms with Crippen LogP contribution in [0, 0.1) is 0 Å². The number of halogens is 1. The lowest BCUT2D eigenvalue weighted by Crippen LogP contribution is -1.97. The van der Waals surface area contributed by atoms with E-state index in [9.17, 15) is 4.79 Å². The largest absolute Gasteiger partial charge is 0.487 e. The van der Waals surface area contributed by atoms with Crippen molar-refractivity contribution in [3.63, 3.8) is 0 Å². The minimum absolute atomic E-state index is 0.247. The van der Waals surface area contributed by atoms with Crippen molar-refractivity contribution in [1.82, 2.24) is 4.98 Å². The molecule has 0 radical (unpaired) electrons. The molecule has 2 aromatic carbocycles. The topological polar surface area (TPSA) is 62.3 Å². The fourth-order valence-corrected chi connectivity index (χ4v) is 2.42. The average molecular weight is 302 g/mol. The van der Waals surface area contributed by atoms with Crippen LogP contribution in [0.2, 0.25) is 5.02 Å². The third kappa shape index (κ3) is 2.58.